The Labute approximate surface area is 141 Å². The third-order valence-electron chi connectivity index (χ3n) is 3.99. The molecule has 132 valence electrons. The molecule has 0 unspecified atom stereocenters. The maximum absolute atomic E-state index is 11.3. The molecule has 1 rings (SSSR count). The lowest BCUT2D eigenvalue weighted by molar-refractivity contribution is 0.190. The fraction of sp³-hybridized carbons (Fsp3) is 1.00. The summed E-state index contributed by atoms with van der Waals surface area (Å²) >= 11 is 0.743. The van der Waals surface area contributed by atoms with Gasteiger partial charge in [-0.2, -0.15) is 7.94 Å². The molecule has 0 aliphatic carbocycles. The lowest BCUT2D eigenvalue weighted by Crippen LogP contribution is -2.01. The summed E-state index contributed by atoms with van der Waals surface area (Å²) in [4.78, 5) is 0. The zero-order valence-electron chi connectivity index (χ0n) is 14.1. The van der Waals surface area contributed by atoms with Crippen molar-refractivity contribution < 1.29 is 17.0 Å². The van der Waals surface area contributed by atoms with E-state index < -0.39 is 7.82 Å². The summed E-state index contributed by atoms with van der Waals surface area (Å²) in [7, 11) is -3.12. The van der Waals surface area contributed by atoms with E-state index in [1.54, 1.807) is 0 Å². The van der Waals surface area contributed by atoms with E-state index in [0.29, 0.717) is 6.61 Å². The van der Waals surface area contributed by atoms with E-state index in [9.17, 15) is 4.57 Å². The molecule has 1 fully saturated rings. The van der Waals surface area contributed by atoms with Gasteiger partial charge >= 0.3 is 7.82 Å². The Bertz CT molecular complexity index is 294. The fourth-order valence-electron chi connectivity index (χ4n) is 2.60. The van der Waals surface area contributed by atoms with Crippen LogP contribution in [0.1, 0.15) is 96.8 Å². The lowest BCUT2D eigenvalue weighted by atomic mass is 10.0. The lowest BCUT2D eigenvalue weighted by Gasteiger charge is -2.21. The third-order valence-corrected chi connectivity index (χ3v) is 6.44. The molecular formula is C16H33O4PS. The van der Waals surface area contributed by atoms with Crippen LogP contribution in [0.3, 0.4) is 0 Å². The number of rotatable bonds is 16. The predicted molar refractivity (Wildman–Crippen MR) is 93.6 cm³/mol. The number of hydrogen-bond acceptors (Lipinski definition) is 5. The van der Waals surface area contributed by atoms with Gasteiger partial charge in [-0.25, -0.2) is 4.57 Å². The monoisotopic (exact) mass is 352 g/mol. The summed E-state index contributed by atoms with van der Waals surface area (Å²) in [6, 6.07) is 0. The predicted octanol–water partition coefficient (Wildman–Crippen LogP) is 7.20. The largest absolute Gasteiger partial charge is 0.501 e. The van der Waals surface area contributed by atoms with Gasteiger partial charge in [-0.05, 0) is 6.42 Å². The van der Waals surface area contributed by atoms with Crippen molar-refractivity contribution in [3.05, 3.63) is 0 Å². The van der Waals surface area contributed by atoms with Crippen molar-refractivity contribution in [3.8, 4) is 0 Å². The van der Waals surface area contributed by atoms with E-state index >= 15 is 0 Å². The first-order chi connectivity index (χ1) is 10.8. The van der Waals surface area contributed by atoms with Crippen molar-refractivity contribution in [1.82, 2.24) is 0 Å². The van der Waals surface area contributed by atoms with Crippen LogP contribution < -0.4 is 0 Å². The number of phosphoric acid groups is 1. The highest BCUT2D eigenvalue weighted by Gasteiger charge is 2.38. The second kappa shape index (κ2) is 13.9. The Balaban J connectivity index is 1.67. The quantitative estimate of drug-likeness (QED) is 0.167. The Kier molecular flexibility index (Phi) is 12.9. The smallest absolute Gasteiger partial charge is 0.286 e. The van der Waals surface area contributed by atoms with E-state index in [-0.39, 0.29) is 0 Å². The van der Waals surface area contributed by atoms with Gasteiger partial charge in [-0.15, -0.1) is 0 Å². The Morgan fingerprint density at radius 2 is 1.14 bits per heavy atom. The first-order valence-corrected chi connectivity index (χ1v) is 11.2. The van der Waals surface area contributed by atoms with Crippen LogP contribution in [0.4, 0.5) is 0 Å². The van der Waals surface area contributed by atoms with E-state index in [1.165, 1.54) is 77.0 Å². The van der Waals surface area contributed by atoms with Crippen LogP contribution in [-0.2, 0) is 17.0 Å². The molecule has 0 bridgehead atoms. The molecule has 1 aliphatic heterocycles. The summed E-state index contributed by atoms with van der Waals surface area (Å²) in [6.07, 6.45) is 18.6. The van der Waals surface area contributed by atoms with Crippen molar-refractivity contribution >= 4 is 20.1 Å². The highest BCUT2D eigenvalue weighted by Crippen LogP contribution is 2.65. The van der Waals surface area contributed by atoms with Gasteiger partial charge in [0.05, 0.1) is 6.61 Å². The van der Waals surface area contributed by atoms with Gasteiger partial charge in [0, 0.05) is 0 Å². The van der Waals surface area contributed by atoms with Crippen LogP contribution in [0.2, 0.25) is 0 Å². The fourth-order valence-corrected chi connectivity index (χ4v) is 3.93. The van der Waals surface area contributed by atoms with E-state index in [4.69, 9.17) is 4.52 Å². The minimum Gasteiger partial charge on any atom is -0.286 e. The van der Waals surface area contributed by atoms with Crippen molar-refractivity contribution in [2.45, 2.75) is 96.8 Å². The minimum atomic E-state index is -3.12. The van der Waals surface area contributed by atoms with Crippen LogP contribution in [0.25, 0.3) is 0 Å². The molecule has 4 nitrogen and oxygen atoms in total. The standard InChI is InChI=1S/C16H33O4PS/c1-2-3-4-5-6-7-8-9-10-11-12-13-14-15-16-18-21(17)19-22-20-21/h2-16H2,1H3. The van der Waals surface area contributed by atoms with E-state index in [0.717, 1.165) is 25.2 Å². The van der Waals surface area contributed by atoms with Crippen molar-refractivity contribution in [1.29, 1.82) is 0 Å². The average molecular weight is 352 g/mol. The number of hydrogen-bond donors (Lipinski definition) is 0. The second-order valence-electron chi connectivity index (χ2n) is 6.09. The molecule has 0 amide bonds. The molecule has 1 heterocycles. The van der Waals surface area contributed by atoms with Crippen LogP contribution in [0.5, 0.6) is 0 Å². The topological polar surface area (TPSA) is 44.8 Å². The Morgan fingerprint density at radius 1 is 0.727 bits per heavy atom. The molecule has 0 radical (unpaired) electrons. The maximum Gasteiger partial charge on any atom is 0.501 e. The molecule has 0 aromatic carbocycles. The van der Waals surface area contributed by atoms with Crippen molar-refractivity contribution in [3.63, 3.8) is 0 Å². The van der Waals surface area contributed by atoms with Crippen LogP contribution >= 0.6 is 20.1 Å². The molecule has 1 aliphatic rings. The highest BCUT2D eigenvalue weighted by molar-refractivity contribution is 8.02. The first kappa shape index (κ1) is 20.5. The molecule has 0 saturated carbocycles. The van der Waals surface area contributed by atoms with Crippen LogP contribution in [-0.4, -0.2) is 6.61 Å². The van der Waals surface area contributed by atoms with Crippen LogP contribution in [0.15, 0.2) is 0 Å². The molecule has 0 N–H and O–H groups in total. The highest BCUT2D eigenvalue weighted by atomic mass is 32.2. The molecule has 0 atom stereocenters. The van der Waals surface area contributed by atoms with Gasteiger partial charge in [-0.1, -0.05) is 90.4 Å². The van der Waals surface area contributed by atoms with Gasteiger partial charge in [0.15, 0.2) is 12.3 Å². The third kappa shape index (κ3) is 11.1. The summed E-state index contributed by atoms with van der Waals surface area (Å²) < 4.78 is 25.7. The van der Waals surface area contributed by atoms with Gasteiger partial charge < -0.3 is 0 Å². The molecule has 0 spiro atoms. The average Bonchev–Trinajstić information content (AvgIpc) is 2.49. The minimum absolute atomic E-state index is 0.468. The molecular weight excluding hydrogens is 319 g/mol. The molecule has 6 heteroatoms. The van der Waals surface area contributed by atoms with Gasteiger partial charge in [0.2, 0.25) is 0 Å². The summed E-state index contributed by atoms with van der Waals surface area (Å²) in [5.74, 6) is 0. The van der Waals surface area contributed by atoms with Gasteiger partial charge in [0.1, 0.15) is 0 Å². The second-order valence-corrected chi connectivity index (χ2v) is 8.58. The number of unbranched alkanes of at least 4 members (excludes halogenated alkanes) is 13. The Hall–Kier alpha value is 0.460. The van der Waals surface area contributed by atoms with E-state index in [1.807, 2.05) is 0 Å². The molecule has 0 aromatic rings. The summed E-state index contributed by atoms with van der Waals surface area (Å²) in [6.45, 7) is 2.74. The zero-order chi connectivity index (χ0) is 15.9. The van der Waals surface area contributed by atoms with Crippen LogP contribution in [0, 0.1) is 0 Å². The van der Waals surface area contributed by atoms with Crippen molar-refractivity contribution in [2.24, 2.45) is 0 Å². The van der Waals surface area contributed by atoms with Gasteiger partial charge in [0.25, 0.3) is 0 Å². The molecule has 1 saturated heterocycles. The Morgan fingerprint density at radius 3 is 1.50 bits per heavy atom. The normalized spacial score (nSPS) is 16.6. The van der Waals surface area contributed by atoms with Crippen molar-refractivity contribution in [2.75, 3.05) is 6.61 Å². The van der Waals surface area contributed by atoms with E-state index in [2.05, 4.69) is 14.9 Å². The first-order valence-electron chi connectivity index (χ1n) is 9.06. The molecule has 22 heavy (non-hydrogen) atoms. The zero-order valence-corrected chi connectivity index (χ0v) is 15.8. The molecule has 0 aromatic heterocycles. The summed E-state index contributed by atoms with van der Waals surface area (Å²) in [5, 5.41) is 0. The SMILES string of the molecule is CCCCCCCCCCCCCCCCOP1(=O)OSO1. The van der Waals surface area contributed by atoms with Gasteiger partial charge in [-0.3, -0.25) is 4.52 Å². The maximum atomic E-state index is 11.3. The summed E-state index contributed by atoms with van der Waals surface area (Å²) in [5.41, 5.74) is 0.